The van der Waals surface area contributed by atoms with Gasteiger partial charge in [0.2, 0.25) is 0 Å². The Bertz CT molecular complexity index is 1040. The molecule has 0 heterocycles. The van der Waals surface area contributed by atoms with Crippen molar-refractivity contribution in [2.75, 3.05) is 5.73 Å². The van der Waals surface area contributed by atoms with Crippen molar-refractivity contribution in [1.82, 2.24) is 0 Å². The van der Waals surface area contributed by atoms with E-state index in [0.717, 1.165) is 48.2 Å². The summed E-state index contributed by atoms with van der Waals surface area (Å²) in [5, 5.41) is 10.00. The average Bonchev–Trinajstić information content (AvgIpc) is 2.74. The van der Waals surface area contributed by atoms with Gasteiger partial charge in [-0.1, -0.05) is 57.2 Å². The first-order chi connectivity index (χ1) is 14.5. The lowest BCUT2D eigenvalue weighted by atomic mass is 9.93. The van der Waals surface area contributed by atoms with E-state index in [1.165, 1.54) is 27.8 Å². The van der Waals surface area contributed by atoms with Crippen molar-refractivity contribution in [2.24, 2.45) is 4.99 Å². The number of nitrogen functional groups attached to an aromatic ring is 1. The molecule has 0 radical (unpaired) electrons. The summed E-state index contributed by atoms with van der Waals surface area (Å²) in [5.74, 6) is 0.246. The van der Waals surface area contributed by atoms with Gasteiger partial charge in [-0.3, -0.25) is 4.99 Å². The minimum absolute atomic E-state index is 0.246. The summed E-state index contributed by atoms with van der Waals surface area (Å²) >= 11 is 0. The van der Waals surface area contributed by atoms with Crippen molar-refractivity contribution in [3.8, 4) is 5.75 Å². The van der Waals surface area contributed by atoms with E-state index >= 15 is 0 Å². The number of benzene rings is 3. The molecular formula is C27H32N2O. The summed E-state index contributed by atoms with van der Waals surface area (Å²) in [4.78, 5) is 4.72. The van der Waals surface area contributed by atoms with Gasteiger partial charge in [-0.05, 0) is 78.1 Å². The van der Waals surface area contributed by atoms with Gasteiger partial charge in [0.05, 0.1) is 5.69 Å². The fourth-order valence-corrected chi connectivity index (χ4v) is 3.99. The summed E-state index contributed by atoms with van der Waals surface area (Å²) < 4.78 is 0. The smallest absolute Gasteiger partial charge is 0.124 e. The third kappa shape index (κ3) is 4.73. The molecule has 0 atom stereocenters. The molecule has 0 fully saturated rings. The standard InChI is InChI=1S/C27H32N2O/c1-5-21-14-20(15-22(6-2)26(21)28)13-19-12-18(4)27(23(7-3)16-19)29-17-24-10-8-9-11-25(24)30/h8-12,14-17,30H,5-7,13,28H2,1-4H3. The number of rotatable bonds is 7. The maximum absolute atomic E-state index is 10.00. The Hall–Kier alpha value is -3.07. The van der Waals surface area contributed by atoms with Gasteiger partial charge in [0.25, 0.3) is 0 Å². The van der Waals surface area contributed by atoms with Crippen LogP contribution in [0.15, 0.2) is 53.5 Å². The van der Waals surface area contributed by atoms with Gasteiger partial charge in [0.15, 0.2) is 0 Å². The number of hydrogen-bond donors (Lipinski definition) is 2. The number of aryl methyl sites for hydroxylation is 4. The lowest BCUT2D eigenvalue weighted by molar-refractivity contribution is 0.474. The molecule has 3 heteroatoms. The first kappa shape index (κ1) is 21.6. The average molecular weight is 401 g/mol. The highest BCUT2D eigenvalue weighted by Gasteiger charge is 2.10. The Morgan fingerprint density at radius 3 is 2.03 bits per heavy atom. The molecule has 0 unspecified atom stereocenters. The predicted molar refractivity (Wildman–Crippen MR) is 128 cm³/mol. The van der Waals surface area contributed by atoms with Crippen molar-refractivity contribution in [3.63, 3.8) is 0 Å². The summed E-state index contributed by atoms with van der Waals surface area (Å²) in [6.07, 6.45) is 5.44. The molecule has 0 aromatic heterocycles. The van der Waals surface area contributed by atoms with Gasteiger partial charge in [-0.2, -0.15) is 0 Å². The largest absolute Gasteiger partial charge is 0.507 e. The Morgan fingerprint density at radius 1 is 0.867 bits per heavy atom. The highest BCUT2D eigenvalue weighted by molar-refractivity contribution is 5.86. The second-order valence-electron chi connectivity index (χ2n) is 7.80. The molecule has 156 valence electrons. The molecule has 3 aromatic carbocycles. The van der Waals surface area contributed by atoms with E-state index in [1.54, 1.807) is 12.3 Å². The molecular weight excluding hydrogens is 368 g/mol. The molecule has 0 bridgehead atoms. The molecule has 3 aromatic rings. The van der Waals surface area contributed by atoms with Gasteiger partial charge >= 0.3 is 0 Å². The Balaban J connectivity index is 1.94. The lowest BCUT2D eigenvalue weighted by Crippen LogP contribution is -2.02. The van der Waals surface area contributed by atoms with E-state index in [0.29, 0.717) is 0 Å². The van der Waals surface area contributed by atoms with Crippen LogP contribution < -0.4 is 5.73 Å². The maximum Gasteiger partial charge on any atom is 0.124 e. The van der Waals surface area contributed by atoms with Crippen LogP contribution in [-0.2, 0) is 25.7 Å². The molecule has 0 amide bonds. The van der Waals surface area contributed by atoms with Crippen molar-refractivity contribution in [3.05, 3.63) is 87.5 Å². The van der Waals surface area contributed by atoms with E-state index in [2.05, 4.69) is 52.0 Å². The van der Waals surface area contributed by atoms with Crippen LogP contribution >= 0.6 is 0 Å². The second-order valence-corrected chi connectivity index (χ2v) is 7.80. The normalized spacial score (nSPS) is 11.3. The lowest BCUT2D eigenvalue weighted by Gasteiger charge is -2.14. The van der Waals surface area contributed by atoms with E-state index in [1.807, 2.05) is 18.2 Å². The van der Waals surface area contributed by atoms with Gasteiger partial charge in [0.1, 0.15) is 5.75 Å². The number of nitrogens with two attached hydrogens (primary N) is 1. The number of aromatic hydroxyl groups is 1. The van der Waals surface area contributed by atoms with E-state index in [-0.39, 0.29) is 5.75 Å². The number of anilines is 1. The first-order valence-electron chi connectivity index (χ1n) is 10.8. The zero-order valence-electron chi connectivity index (χ0n) is 18.5. The van der Waals surface area contributed by atoms with Crippen LogP contribution in [0.4, 0.5) is 11.4 Å². The molecule has 0 saturated carbocycles. The van der Waals surface area contributed by atoms with Gasteiger partial charge in [-0.25, -0.2) is 0 Å². The highest BCUT2D eigenvalue weighted by Crippen LogP contribution is 2.29. The minimum atomic E-state index is 0.246. The third-order valence-corrected chi connectivity index (χ3v) is 5.67. The quantitative estimate of drug-likeness (QED) is 0.360. The first-order valence-corrected chi connectivity index (χ1v) is 10.8. The highest BCUT2D eigenvalue weighted by atomic mass is 16.3. The number of phenolic OH excluding ortho intramolecular Hbond substituents is 1. The molecule has 3 N–H and O–H groups in total. The van der Waals surface area contributed by atoms with Crippen LogP contribution in [-0.4, -0.2) is 11.3 Å². The van der Waals surface area contributed by atoms with E-state index in [9.17, 15) is 5.11 Å². The fraction of sp³-hybridized carbons (Fsp3) is 0.296. The van der Waals surface area contributed by atoms with Gasteiger partial charge in [0, 0.05) is 17.5 Å². The summed E-state index contributed by atoms with van der Waals surface area (Å²) in [7, 11) is 0. The summed E-state index contributed by atoms with van der Waals surface area (Å²) in [5.41, 5.74) is 16.4. The zero-order chi connectivity index (χ0) is 21.7. The van der Waals surface area contributed by atoms with E-state index < -0.39 is 0 Å². The monoisotopic (exact) mass is 400 g/mol. The number of nitrogens with zero attached hydrogens (tertiary/aromatic N) is 1. The minimum Gasteiger partial charge on any atom is -0.507 e. The number of aliphatic imine (C=N–C) groups is 1. The van der Waals surface area contributed by atoms with Gasteiger partial charge in [-0.15, -0.1) is 0 Å². The Labute approximate surface area is 180 Å². The molecule has 0 aliphatic carbocycles. The number of phenols is 1. The number of hydrogen-bond acceptors (Lipinski definition) is 3. The SMILES string of the molecule is CCc1cc(Cc2cc(C)c(N=Cc3ccccc3O)c(CC)c2)cc(CC)c1N. The molecule has 3 nitrogen and oxygen atoms in total. The maximum atomic E-state index is 10.00. The van der Waals surface area contributed by atoms with Crippen LogP contribution in [0.2, 0.25) is 0 Å². The molecule has 0 aliphatic rings. The zero-order valence-corrected chi connectivity index (χ0v) is 18.5. The van der Waals surface area contributed by atoms with Crippen molar-refractivity contribution in [1.29, 1.82) is 0 Å². The molecule has 3 rings (SSSR count). The molecule has 0 aliphatic heterocycles. The molecule has 0 saturated heterocycles. The van der Waals surface area contributed by atoms with Crippen LogP contribution in [0.25, 0.3) is 0 Å². The second kappa shape index (κ2) is 9.62. The van der Waals surface area contributed by atoms with Crippen LogP contribution in [0.1, 0.15) is 59.7 Å². The molecule has 30 heavy (non-hydrogen) atoms. The number of para-hydroxylation sites is 1. The summed E-state index contributed by atoms with van der Waals surface area (Å²) in [6, 6.07) is 16.3. The fourth-order valence-electron chi connectivity index (χ4n) is 3.99. The van der Waals surface area contributed by atoms with Gasteiger partial charge < -0.3 is 10.8 Å². The predicted octanol–water partition coefficient (Wildman–Crippen LogP) is 6.31. The summed E-state index contributed by atoms with van der Waals surface area (Å²) in [6.45, 7) is 8.58. The van der Waals surface area contributed by atoms with Crippen molar-refractivity contribution < 1.29 is 5.11 Å². The molecule has 0 spiro atoms. The third-order valence-electron chi connectivity index (χ3n) is 5.67. The van der Waals surface area contributed by atoms with E-state index in [4.69, 9.17) is 10.7 Å². The van der Waals surface area contributed by atoms with Crippen molar-refractivity contribution >= 4 is 17.6 Å². The van der Waals surface area contributed by atoms with Crippen LogP contribution in [0.3, 0.4) is 0 Å². The Morgan fingerprint density at radius 2 is 1.43 bits per heavy atom. The topological polar surface area (TPSA) is 58.6 Å². The Kier molecular flexibility index (Phi) is 6.94. The van der Waals surface area contributed by atoms with Crippen LogP contribution in [0.5, 0.6) is 5.75 Å². The van der Waals surface area contributed by atoms with Crippen molar-refractivity contribution in [2.45, 2.75) is 53.4 Å². The van der Waals surface area contributed by atoms with Crippen LogP contribution in [0, 0.1) is 6.92 Å².